The van der Waals surface area contributed by atoms with Gasteiger partial charge in [-0.2, -0.15) is 0 Å². The number of para-hydroxylation sites is 2. The Morgan fingerprint density at radius 1 is 0.403 bits per heavy atom. The van der Waals surface area contributed by atoms with Crippen LogP contribution in [0.2, 0.25) is 0 Å². The van der Waals surface area contributed by atoms with Gasteiger partial charge in [-0.3, -0.25) is 0 Å². The summed E-state index contributed by atoms with van der Waals surface area (Å²) in [6, 6.07) is 45.1. The van der Waals surface area contributed by atoms with Crippen LogP contribution >= 0.6 is 0 Å². The fourth-order valence-corrected chi connectivity index (χ4v) is 13.3. The van der Waals surface area contributed by atoms with Crippen molar-refractivity contribution in [2.24, 2.45) is 0 Å². The van der Waals surface area contributed by atoms with Gasteiger partial charge in [-0.25, -0.2) is 0 Å². The molecule has 0 radical (unpaired) electrons. The van der Waals surface area contributed by atoms with Crippen molar-refractivity contribution in [3.05, 3.63) is 189 Å². The molecular formula is C59H61BN2. The minimum absolute atomic E-state index is 0.0734. The summed E-state index contributed by atoms with van der Waals surface area (Å²) in [7, 11) is 0. The zero-order valence-corrected chi connectivity index (χ0v) is 39.0. The summed E-state index contributed by atoms with van der Waals surface area (Å²) in [5.74, 6) is 0. The van der Waals surface area contributed by atoms with E-state index >= 15 is 0 Å². The molecule has 0 bridgehead atoms. The fourth-order valence-electron chi connectivity index (χ4n) is 13.3. The Labute approximate surface area is 371 Å². The van der Waals surface area contributed by atoms with E-state index in [1.54, 1.807) is 16.4 Å². The van der Waals surface area contributed by atoms with E-state index in [1.807, 2.05) is 13.8 Å². The number of fused-ring (bicyclic) bond motifs is 3. The molecule has 62 heavy (non-hydrogen) atoms. The van der Waals surface area contributed by atoms with Gasteiger partial charge in [-0.05, 0) is 117 Å². The molecule has 0 saturated heterocycles. The number of benzene rings is 6. The quantitative estimate of drug-likeness (QED) is 0.161. The standard InChI is InChI=1S/C57H55BN2.C2H6/c1-53(2)36-22-14-16-28-46(36)59(34-20-12-11-13-21-34)48-32-43-49(33-42(48)53)60(47-29-17-15-23-37(47)54(43,3)4)35-30-44-52-45(31-35)57(9,10)41-27-19-25-39-51(41)58(52)50-38(55(39,5)6)24-18-26-40(50)56(44,7)8;1-2/h11-13,15-21,23-33H,14,22H2,1-10H3;1-2H3. The molecular weight excluding hydrogens is 747 g/mol. The van der Waals surface area contributed by atoms with Crippen LogP contribution in [0.25, 0.3) is 0 Å². The third-order valence-electron chi connectivity index (χ3n) is 16.5. The van der Waals surface area contributed by atoms with Crippen molar-refractivity contribution in [3.63, 3.8) is 0 Å². The fraction of sp³-hybridized carbons (Fsp3) is 0.322. The molecule has 0 saturated carbocycles. The molecule has 0 spiro atoms. The van der Waals surface area contributed by atoms with Crippen LogP contribution in [0.3, 0.4) is 0 Å². The first kappa shape index (κ1) is 39.3. The summed E-state index contributed by atoms with van der Waals surface area (Å²) in [5.41, 5.74) is 26.1. The minimum atomic E-state index is -0.235. The summed E-state index contributed by atoms with van der Waals surface area (Å²) >= 11 is 0. The van der Waals surface area contributed by atoms with E-state index in [0.29, 0.717) is 0 Å². The molecule has 0 fully saturated rings. The molecule has 0 N–H and O–H groups in total. The van der Waals surface area contributed by atoms with Crippen molar-refractivity contribution in [1.29, 1.82) is 0 Å². The Bertz CT molecular complexity index is 2880. The second-order valence-corrected chi connectivity index (χ2v) is 21.3. The lowest BCUT2D eigenvalue weighted by Gasteiger charge is -2.53. The topological polar surface area (TPSA) is 6.48 Å². The maximum atomic E-state index is 2.66. The molecule has 2 nitrogen and oxygen atoms in total. The highest BCUT2D eigenvalue weighted by atomic mass is 15.2. The minimum Gasteiger partial charge on any atom is -0.310 e. The number of rotatable bonds is 2. The van der Waals surface area contributed by atoms with Gasteiger partial charge in [0.1, 0.15) is 0 Å². The van der Waals surface area contributed by atoms with Gasteiger partial charge in [0.2, 0.25) is 6.71 Å². The Kier molecular flexibility index (Phi) is 8.11. The maximum absolute atomic E-state index is 2.66. The maximum Gasteiger partial charge on any atom is 0.243 e. The van der Waals surface area contributed by atoms with Crippen LogP contribution in [0.15, 0.2) is 139 Å². The third kappa shape index (κ3) is 4.78. The van der Waals surface area contributed by atoms with Gasteiger partial charge in [0.15, 0.2) is 0 Å². The third-order valence-corrected chi connectivity index (χ3v) is 16.5. The first-order chi connectivity index (χ1) is 29.6. The van der Waals surface area contributed by atoms with Gasteiger partial charge < -0.3 is 9.80 Å². The van der Waals surface area contributed by atoms with Gasteiger partial charge in [0, 0.05) is 44.1 Å². The second-order valence-electron chi connectivity index (χ2n) is 21.3. The van der Waals surface area contributed by atoms with Crippen LogP contribution in [0.5, 0.6) is 0 Å². The van der Waals surface area contributed by atoms with E-state index in [4.69, 9.17) is 0 Å². The number of anilines is 5. The Hall–Kier alpha value is -5.54. The zero-order chi connectivity index (χ0) is 43.5. The van der Waals surface area contributed by atoms with Crippen molar-refractivity contribution < 1.29 is 0 Å². The van der Waals surface area contributed by atoms with Crippen molar-refractivity contribution in [2.75, 3.05) is 9.80 Å². The predicted octanol–water partition coefficient (Wildman–Crippen LogP) is 13.3. The summed E-state index contributed by atoms with van der Waals surface area (Å²) in [6.07, 6.45) is 6.91. The zero-order valence-electron chi connectivity index (χ0n) is 39.0. The van der Waals surface area contributed by atoms with Crippen LogP contribution in [-0.2, 0) is 27.1 Å². The van der Waals surface area contributed by atoms with Crippen LogP contribution < -0.4 is 26.2 Å². The van der Waals surface area contributed by atoms with E-state index in [0.717, 1.165) is 12.8 Å². The smallest absolute Gasteiger partial charge is 0.243 e. The van der Waals surface area contributed by atoms with Crippen LogP contribution in [0.1, 0.15) is 146 Å². The van der Waals surface area contributed by atoms with E-state index in [2.05, 4.69) is 206 Å². The molecule has 1 aliphatic carbocycles. The molecule has 310 valence electrons. The Morgan fingerprint density at radius 2 is 0.855 bits per heavy atom. The average Bonchev–Trinajstić information content (AvgIpc) is 3.27. The second kappa shape index (κ2) is 12.8. The van der Waals surface area contributed by atoms with Crippen molar-refractivity contribution >= 4 is 51.5 Å². The monoisotopic (exact) mass is 808 g/mol. The van der Waals surface area contributed by atoms with E-state index in [-0.39, 0.29) is 33.8 Å². The normalized spacial score (nSPS) is 19.9. The molecule has 3 heteroatoms. The van der Waals surface area contributed by atoms with E-state index < -0.39 is 0 Å². The molecule has 0 atom stereocenters. The van der Waals surface area contributed by atoms with Gasteiger partial charge in [-0.15, -0.1) is 0 Å². The Morgan fingerprint density at radius 3 is 1.44 bits per heavy atom. The van der Waals surface area contributed by atoms with Crippen LogP contribution in [-0.4, -0.2) is 6.71 Å². The van der Waals surface area contributed by atoms with Crippen molar-refractivity contribution in [3.8, 4) is 0 Å². The van der Waals surface area contributed by atoms with Gasteiger partial charge >= 0.3 is 0 Å². The van der Waals surface area contributed by atoms with Gasteiger partial charge in [-0.1, -0.05) is 178 Å². The summed E-state index contributed by atoms with van der Waals surface area (Å²) in [4.78, 5) is 5.22. The SMILES string of the molecule is CC.CC1(C)C2=C(C=CCC2)N(c2ccccc2)c2cc3c(cc21)N(c1cc2c4c(c1)C(C)(C)c1cccc5c1B4c1c(cccc1C2(C)C)C5(C)C)c1ccccc1C3(C)C. The highest BCUT2D eigenvalue weighted by Crippen LogP contribution is 2.59. The number of allylic oxidation sites excluding steroid dienone is 3. The molecule has 0 amide bonds. The molecule has 6 aliphatic rings. The molecule has 5 aliphatic heterocycles. The van der Waals surface area contributed by atoms with Gasteiger partial charge in [0.25, 0.3) is 0 Å². The van der Waals surface area contributed by atoms with Crippen molar-refractivity contribution in [1.82, 2.24) is 0 Å². The summed E-state index contributed by atoms with van der Waals surface area (Å²) in [6.45, 7) is 29.0. The number of hydrogen-bond donors (Lipinski definition) is 0. The highest BCUT2D eigenvalue weighted by Gasteiger charge is 2.54. The lowest BCUT2D eigenvalue weighted by molar-refractivity contribution is 0.567. The molecule has 6 aromatic rings. The summed E-state index contributed by atoms with van der Waals surface area (Å²) < 4.78 is 0. The predicted molar refractivity (Wildman–Crippen MR) is 266 cm³/mol. The number of hydrogen-bond acceptors (Lipinski definition) is 2. The van der Waals surface area contributed by atoms with Gasteiger partial charge in [0.05, 0.1) is 17.1 Å². The molecule has 5 heterocycles. The number of nitrogens with zero attached hydrogens (tertiary/aromatic N) is 2. The lowest BCUT2D eigenvalue weighted by Crippen LogP contribution is -2.71. The highest BCUT2D eigenvalue weighted by molar-refractivity contribution is 6.98. The average molecular weight is 809 g/mol. The van der Waals surface area contributed by atoms with E-state index in [1.165, 1.54) is 89.8 Å². The Balaban J connectivity index is 0.00000213. The van der Waals surface area contributed by atoms with E-state index in [9.17, 15) is 0 Å². The lowest BCUT2D eigenvalue weighted by atomic mass is 9.23. The first-order valence-electron chi connectivity index (χ1n) is 23.4. The molecule has 0 unspecified atom stereocenters. The molecule has 6 aromatic carbocycles. The molecule has 12 rings (SSSR count). The summed E-state index contributed by atoms with van der Waals surface area (Å²) in [5, 5.41) is 0. The van der Waals surface area contributed by atoms with Crippen LogP contribution in [0.4, 0.5) is 28.4 Å². The van der Waals surface area contributed by atoms with Crippen molar-refractivity contribution in [2.45, 2.75) is 123 Å². The first-order valence-corrected chi connectivity index (χ1v) is 23.4. The largest absolute Gasteiger partial charge is 0.310 e. The van der Waals surface area contributed by atoms with Crippen LogP contribution in [0, 0.1) is 0 Å². The molecule has 0 aromatic heterocycles.